The lowest BCUT2D eigenvalue weighted by Gasteiger charge is -2.17. The van der Waals surface area contributed by atoms with E-state index in [-0.39, 0.29) is 18.1 Å². The minimum Gasteiger partial charge on any atom is -0.320 e. The third-order valence-corrected chi connectivity index (χ3v) is 3.74. The Labute approximate surface area is 143 Å². The number of H-pyrrole nitrogens is 1. The number of aromatic amines is 1. The molecular weight excluding hydrogens is 328 g/mol. The van der Waals surface area contributed by atoms with Crippen LogP contribution in [0.25, 0.3) is 10.9 Å². The van der Waals surface area contributed by atoms with E-state index in [9.17, 15) is 9.59 Å². The van der Waals surface area contributed by atoms with Crippen LogP contribution in [0.2, 0.25) is 5.02 Å². The Morgan fingerprint density at radius 3 is 2.67 bits per heavy atom. The summed E-state index contributed by atoms with van der Waals surface area (Å²) in [7, 11) is 1.63. The van der Waals surface area contributed by atoms with Crippen LogP contribution >= 0.6 is 11.6 Å². The van der Waals surface area contributed by atoms with Crippen LogP contribution in [0.4, 0.5) is 10.5 Å². The van der Waals surface area contributed by atoms with Gasteiger partial charge in [0.2, 0.25) is 0 Å². The lowest BCUT2D eigenvalue weighted by atomic mass is 10.2. The number of rotatable bonds is 3. The van der Waals surface area contributed by atoms with Crippen LogP contribution in [-0.2, 0) is 6.54 Å². The second-order valence-electron chi connectivity index (χ2n) is 5.32. The Hall–Kier alpha value is -2.86. The highest BCUT2D eigenvalue weighted by Gasteiger charge is 2.12. The zero-order chi connectivity index (χ0) is 17.1. The van der Waals surface area contributed by atoms with Crippen molar-refractivity contribution in [2.45, 2.75) is 6.54 Å². The molecule has 122 valence electrons. The summed E-state index contributed by atoms with van der Waals surface area (Å²) >= 11 is 5.82. The highest BCUT2D eigenvalue weighted by Crippen LogP contribution is 2.14. The molecule has 0 unspecified atom stereocenters. The van der Waals surface area contributed by atoms with Crippen LogP contribution in [0.15, 0.2) is 53.3 Å². The summed E-state index contributed by atoms with van der Waals surface area (Å²) in [6.07, 6.45) is 0. The van der Waals surface area contributed by atoms with E-state index in [1.165, 1.54) is 4.90 Å². The molecule has 0 bridgehead atoms. The first-order valence-electron chi connectivity index (χ1n) is 7.28. The Morgan fingerprint density at radius 1 is 1.21 bits per heavy atom. The molecule has 0 aliphatic heterocycles. The van der Waals surface area contributed by atoms with Gasteiger partial charge in [-0.05, 0) is 36.4 Å². The van der Waals surface area contributed by atoms with Crippen molar-refractivity contribution in [2.75, 3.05) is 12.4 Å². The van der Waals surface area contributed by atoms with Gasteiger partial charge in [-0.3, -0.25) is 4.79 Å². The first-order chi connectivity index (χ1) is 11.5. The zero-order valence-corrected chi connectivity index (χ0v) is 13.7. The van der Waals surface area contributed by atoms with E-state index in [0.717, 1.165) is 0 Å². The topological polar surface area (TPSA) is 78.1 Å². The van der Waals surface area contributed by atoms with Crippen molar-refractivity contribution in [1.82, 2.24) is 14.9 Å². The Kier molecular flexibility index (Phi) is 4.48. The molecule has 0 atom stereocenters. The number of urea groups is 1. The number of fused-ring (bicyclic) bond motifs is 1. The fraction of sp³-hybridized carbons (Fsp3) is 0.118. The first kappa shape index (κ1) is 16.0. The van der Waals surface area contributed by atoms with E-state index < -0.39 is 0 Å². The predicted molar refractivity (Wildman–Crippen MR) is 94.3 cm³/mol. The third-order valence-electron chi connectivity index (χ3n) is 3.49. The molecule has 0 spiro atoms. The van der Waals surface area contributed by atoms with Gasteiger partial charge in [-0.25, -0.2) is 9.78 Å². The minimum absolute atomic E-state index is 0.180. The smallest absolute Gasteiger partial charge is 0.320 e. The van der Waals surface area contributed by atoms with Crippen LogP contribution in [0, 0.1) is 0 Å². The van der Waals surface area contributed by atoms with Gasteiger partial charge in [0.1, 0.15) is 5.82 Å². The largest absolute Gasteiger partial charge is 0.321 e. The molecule has 1 heterocycles. The van der Waals surface area contributed by atoms with Gasteiger partial charge < -0.3 is 15.2 Å². The van der Waals surface area contributed by atoms with E-state index in [2.05, 4.69) is 15.3 Å². The minimum atomic E-state index is -0.312. The Balaban J connectivity index is 1.74. The van der Waals surface area contributed by atoms with Crippen LogP contribution in [0.1, 0.15) is 5.82 Å². The maximum atomic E-state index is 12.2. The molecule has 2 aromatic carbocycles. The van der Waals surface area contributed by atoms with Crippen molar-refractivity contribution < 1.29 is 4.79 Å². The number of carbonyl (C=O) groups is 1. The van der Waals surface area contributed by atoms with E-state index in [1.807, 2.05) is 6.07 Å². The molecule has 0 aliphatic carbocycles. The SMILES string of the molecule is CN(Cc1nc2ccccc2c(=O)[nH]1)C(=O)Nc1ccc(Cl)cc1. The number of para-hydroxylation sites is 1. The number of nitrogens with zero attached hydrogens (tertiary/aromatic N) is 2. The monoisotopic (exact) mass is 342 g/mol. The fourth-order valence-electron chi connectivity index (χ4n) is 2.26. The highest BCUT2D eigenvalue weighted by atomic mass is 35.5. The molecule has 1 aromatic heterocycles. The van der Waals surface area contributed by atoms with Gasteiger partial charge in [0.25, 0.3) is 5.56 Å². The highest BCUT2D eigenvalue weighted by molar-refractivity contribution is 6.30. The summed E-state index contributed by atoms with van der Waals surface area (Å²) in [6.45, 7) is 0.180. The van der Waals surface area contributed by atoms with Gasteiger partial charge in [0.05, 0.1) is 17.4 Å². The Morgan fingerprint density at radius 2 is 1.92 bits per heavy atom. The van der Waals surface area contributed by atoms with E-state index in [1.54, 1.807) is 49.5 Å². The number of hydrogen-bond donors (Lipinski definition) is 2. The van der Waals surface area contributed by atoms with Crippen molar-refractivity contribution in [3.63, 3.8) is 0 Å². The number of aromatic nitrogens is 2. The van der Waals surface area contributed by atoms with E-state index in [4.69, 9.17) is 11.6 Å². The van der Waals surface area contributed by atoms with Crippen molar-refractivity contribution in [2.24, 2.45) is 0 Å². The molecular formula is C17H15ClN4O2. The summed E-state index contributed by atoms with van der Waals surface area (Å²) < 4.78 is 0. The lowest BCUT2D eigenvalue weighted by Crippen LogP contribution is -2.32. The second-order valence-corrected chi connectivity index (χ2v) is 5.76. The molecule has 0 aliphatic rings. The number of nitrogens with one attached hydrogen (secondary N) is 2. The quantitative estimate of drug-likeness (QED) is 0.767. The van der Waals surface area contributed by atoms with Crippen LogP contribution < -0.4 is 10.9 Å². The molecule has 2 amide bonds. The number of anilines is 1. The van der Waals surface area contributed by atoms with Gasteiger partial charge in [0.15, 0.2) is 0 Å². The van der Waals surface area contributed by atoms with Gasteiger partial charge in [-0.2, -0.15) is 0 Å². The van der Waals surface area contributed by atoms with Gasteiger partial charge in [-0.1, -0.05) is 23.7 Å². The lowest BCUT2D eigenvalue weighted by molar-refractivity contribution is 0.219. The van der Waals surface area contributed by atoms with Crippen LogP contribution in [0.3, 0.4) is 0 Å². The van der Waals surface area contributed by atoms with Crippen molar-refractivity contribution in [3.05, 3.63) is 69.7 Å². The molecule has 7 heteroatoms. The normalized spacial score (nSPS) is 10.6. The van der Waals surface area contributed by atoms with Gasteiger partial charge in [-0.15, -0.1) is 0 Å². The number of hydrogen-bond acceptors (Lipinski definition) is 3. The molecule has 0 saturated heterocycles. The second kappa shape index (κ2) is 6.72. The third kappa shape index (κ3) is 3.55. The average molecular weight is 343 g/mol. The number of amides is 2. The Bertz CT molecular complexity index is 937. The first-order valence-corrected chi connectivity index (χ1v) is 7.66. The van der Waals surface area contributed by atoms with E-state index in [0.29, 0.717) is 27.4 Å². The summed E-state index contributed by atoms with van der Waals surface area (Å²) in [4.78, 5) is 32.8. The summed E-state index contributed by atoms with van der Waals surface area (Å²) in [5.41, 5.74) is 1.01. The maximum absolute atomic E-state index is 12.2. The molecule has 0 fully saturated rings. The molecule has 2 N–H and O–H groups in total. The number of carbonyl (C=O) groups excluding carboxylic acids is 1. The number of benzene rings is 2. The number of halogens is 1. The van der Waals surface area contributed by atoms with Crippen molar-refractivity contribution >= 4 is 34.2 Å². The molecule has 24 heavy (non-hydrogen) atoms. The van der Waals surface area contributed by atoms with E-state index >= 15 is 0 Å². The molecule has 3 rings (SSSR count). The van der Waals surface area contributed by atoms with Crippen molar-refractivity contribution in [1.29, 1.82) is 0 Å². The van der Waals surface area contributed by atoms with Crippen LogP contribution in [-0.4, -0.2) is 27.9 Å². The van der Waals surface area contributed by atoms with Crippen LogP contribution in [0.5, 0.6) is 0 Å². The molecule has 0 radical (unpaired) electrons. The summed E-state index contributed by atoms with van der Waals surface area (Å²) in [6, 6.07) is 13.6. The standard InChI is InChI=1S/C17H15ClN4O2/c1-22(17(24)19-12-8-6-11(18)7-9-12)10-15-20-14-5-3-2-4-13(14)16(23)21-15/h2-9H,10H2,1H3,(H,19,24)(H,20,21,23). The zero-order valence-electron chi connectivity index (χ0n) is 12.9. The molecule has 6 nitrogen and oxygen atoms in total. The summed E-state index contributed by atoms with van der Waals surface area (Å²) in [5, 5.41) is 3.87. The summed E-state index contributed by atoms with van der Waals surface area (Å²) in [5.74, 6) is 0.424. The average Bonchev–Trinajstić information content (AvgIpc) is 2.57. The molecule has 3 aromatic rings. The maximum Gasteiger partial charge on any atom is 0.321 e. The van der Waals surface area contributed by atoms with Gasteiger partial charge in [0, 0.05) is 17.8 Å². The fourth-order valence-corrected chi connectivity index (χ4v) is 2.38. The predicted octanol–water partition coefficient (Wildman–Crippen LogP) is 3.24. The van der Waals surface area contributed by atoms with Gasteiger partial charge >= 0.3 is 6.03 Å². The molecule has 0 saturated carbocycles. The van der Waals surface area contributed by atoms with Crippen molar-refractivity contribution in [3.8, 4) is 0 Å².